The molecule has 1 heterocycles. The van der Waals surface area contributed by atoms with Crippen LogP contribution >= 0.6 is 23.2 Å². The molecule has 3 heteroatoms. The van der Waals surface area contributed by atoms with E-state index >= 15 is 0 Å². The molecule has 2 aliphatic rings. The van der Waals surface area contributed by atoms with Gasteiger partial charge in [0.1, 0.15) is 4.33 Å². The monoisotopic (exact) mass is 179 g/mol. The minimum atomic E-state index is -0.383. The number of hydrogen-bond donors (Lipinski definition) is 0. The van der Waals surface area contributed by atoms with Crippen LogP contribution < -0.4 is 0 Å². The summed E-state index contributed by atoms with van der Waals surface area (Å²) in [4.78, 5) is 2.32. The Balaban J connectivity index is 2.13. The quantitative estimate of drug-likeness (QED) is 0.513. The molecule has 0 bridgehead atoms. The van der Waals surface area contributed by atoms with Gasteiger partial charge in [-0.3, -0.25) is 0 Å². The maximum Gasteiger partial charge on any atom is 0.127 e. The van der Waals surface area contributed by atoms with E-state index in [4.69, 9.17) is 23.2 Å². The highest BCUT2D eigenvalue weighted by atomic mass is 35.5. The number of likely N-dealkylation sites (tertiary alicyclic amines) is 1. The average Bonchev–Trinajstić information content (AvgIpc) is 2.12. The second kappa shape index (κ2) is 1.82. The first-order chi connectivity index (χ1) is 4.55. The summed E-state index contributed by atoms with van der Waals surface area (Å²) in [7, 11) is 2.13. The summed E-state index contributed by atoms with van der Waals surface area (Å²) in [6.07, 6.45) is 0. The van der Waals surface area contributed by atoms with Crippen LogP contribution in [0, 0.1) is 11.8 Å². The molecule has 1 saturated carbocycles. The molecule has 0 aromatic rings. The number of piperidine rings is 1. The predicted molar refractivity (Wildman–Crippen MR) is 43.5 cm³/mol. The first kappa shape index (κ1) is 7.20. The fraction of sp³-hybridized carbons (Fsp3) is 1.00. The lowest BCUT2D eigenvalue weighted by Gasteiger charge is -2.21. The maximum atomic E-state index is 6.01. The van der Waals surface area contributed by atoms with Crippen molar-refractivity contribution in [1.82, 2.24) is 4.90 Å². The molecule has 0 aromatic heterocycles. The highest BCUT2D eigenvalue weighted by Crippen LogP contribution is 2.64. The molecule has 0 N–H and O–H groups in total. The average molecular weight is 180 g/mol. The Morgan fingerprint density at radius 2 is 2.10 bits per heavy atom. The van der Waals surface area contributed by atoms with Gasteiger partial charge in [-0.25, -0.2) is 0 Å². The molecular weight excluding hydrogens is 169 g/mol. The van der Waals surface area contributed by atoms with E-state index in [1.165, 1.54) is 0 Å². The zero-order chi connectivity index (χ0) is 7.52. The Morgan fingerprint density at radius 1 is 1.50 bits per heavy atom. The van der Waals surface area contributed by atoms with E-state index in [0.29, 0.717) is 17.9 Å². The number of alkyl halides is 2. The highest BCUT2D eigenvalue weighted by molar-refractivity contribution is 6.51. The number of fused-ring (bicyclic) bond motifs is 1. The molecule has 1 aliphatic carbocycles. The Bertz CT molecular complexity index is 167. The molecule has 2 rings (SSSR count). The van der Waals surface area contributed by atoms with Crippen LogP contribution in [0.1, 0.15) is 6.92 Å². The summed E-state index contributed by atoms with van der Waals surface area (Å²) in [5.41, 5.74) is 0. The normalized spacial score (nSPS) is 51.0. The van der Waals surface area contributed by atoms with Crippen LogP contribution in [0.15, 0.2) is 0 Å². The molecule has 1 nitrogen and oxygen atoms in total. The molecule has 2 fully saturated rings. The molecule has 58 valence electrons. The second-order valence-corrected chi connectivity index (χ2v) is 4.93. The van der Waals surface area contributed by atoms with Crippen LogP contribution in [0.25, 0.3) is 0 Å². The second-order valence-electron chi connectivity index (χ2n) is 3.49. The van der Waals surface area contributed by atoms with Crippen molar-refractivity contribution in [3.8, 4) is 0 Å². The van der Waals surface area contributed by atoms with E-state index < -0.39 is 0 Å². The molecule has 0 radical (unpaired) electrons. The summed E-state index contributed by atoms with van der Waals surface area (Å²) in [6.45, 7) is 3.26. The van der Waals surface area contributed by atoms with Crippen molar-refractivity contribution >= 4 is 23.2 Å². The van der Waals surface area contributed by atoms with E-state index in [0.717, 1.165) is 6.54 Å². The summed E-state index contributed by atoms with van der Waals surface area (Å²) in [6, 6.07) is 0.569. The smallest absolute Gasteiger partial charge is 0.127 e. The van der Waals surface area contributed by atoms with Gasteiger partial charge in [0.15, 0.2) is 0 Å². The number of halogens is 2. The summed E-state index contributed by atoms with van der Waals surface area (Å²) in [5.74, 6) is 1.07. The molecule has 1 saturated heterocycles. The first-order valence-electron chi connectivity index (χ1n) is 3.63. The first-order valence-corrected chi connectivity index (χ1v) is 4.39. The fourth-order valence-electron chi connectivity index (χ4n) is 2.06. The molecule has 3 atom stereocenters. The Kier molecular flexibility index (Phi) is 1.31. The van der Waals surface area contributed by atoms with E-state index in [2.05, 4.69) is 18.9 Å². The maximum absolute atomic E-state index is 6.01. The third-order valence-electron chi connectivity index (χ3n) is 2.96. The topological polar surface area (TPSA) is 3.24 Å². The van der Waals surface area contributed by atoms with Crippen molar-refractivity contribution in [1.29, 1.82) is 0 Å². The number of hydrogen-bond acceptors (Lipinski definition) is 1. The van der Waals surface area contributed by atoms with Gasteiger partial charge in [-0.2, -0.15) is 0 Å². The third-order valence-corrected chi connectivity index (χ3v) is 4.03. The third kappa shape index (κ3) is 0.689. The van der Waals surface area contributed by atoms with Crippen LogP contribution in [0.5, 0.6) is 0 Å². The fourth-order valence-corrected chi connectivity index (χ4v) is 3.01. The van der Waals surface area contributed by atoms with E-state index in [1.807, 2.05) is 0 Å². The van der Waals surface area contributed by atoms with Crippen molar-refractivity contribution in [2.24, 2.45) is 11.8 Å². The van der Waals surface area contributed by atoms with Crippen LogP contribution in [0.3, 0.4) is 0 Å². The standard InChI is InChI=1S/C7H11Cl2N/c1-4-6-5(3-10(4)2)7(6,8)9/h4-6H,3H2,1-2H3/t4-,5?,6?/m1/s1. The van der Waals surface area contributed by atoms with Crippen LogP contribution in [-0.4, -0.2) is 28.9 Å². The molecule has 10 heavy (non-hydrogen) atoms. The summed E-state index contributed by atoms with van der Waals surface area (Å²) in [5, 5.41) is 0. The lowest BCUT2D eigenvalue weighted by Crippen LogP contribution is -2.30. The van der Waals surface area contributed by atoms with E-state index in [1.54, 1.807) is 0 Å². The van der Waals surface area contributed by atoms with Crippen LogP contribution in [-0.2, 0) is 0 Å². The molecule has 1 aliphatic heterocycles. The van der Waals surface area contributed by atoms with Crippen molar-refractivity contribution in [3.63, 3.8) is 0 Å². The van der Waals surface area contributed by atoms with E-state index in [-0.39, 0.29) is 4.33 Å². The molecular formula is C7H11Cl2N. The zero-order valence-electron chi connectivity index (χ0n) is 6.14. The number of nitrogens with zero attached hydrogens (tertiary/aromatic N) is 1. The molecule has 0 aromatic carbocycles. The van der Waals surface area contributed by atoms with Gasteiger partial charge in [-0.15, -0.1) is 23.2 Å². The minimum absolute atomic E-state index is 0.383. The lowest BCUT2D eigenvalue weighted by atomic mass is 10.2. The van der Waals surface area contributed by atoms with Gasteiger partial charge < -0.3 is 4.90 Å². The molecule has 0 spiro atoms. The predicted octanol–water partition coefficient (Wildman–Crippen LogP) is 1.74. The van der Waals surface area contributed by atoms with Gasteiger partial charge in [-0.1, -0.05) is 0 Å². The van der Waals surface area contributed by atoms with Crippen molar-refractivity contribution in [3.05, 3.63) is 0 Å². The highest BCUT2D eigenvalue weighted by Gasteiger charge is 2.69. The van der Waals surface area contributed by atoms with Gasteiger partial charge in [0, 0.05) is 24.4 Å². The van der Waals surface area contributed by atoms with E-state index in [9.17, 15) is 0 Å². The zero-order valence-corrected chi connectivity index (χ0v) is 7.65. The SMILES string of the molecule is C[C@@H]1C2C(CN1C)C2(Cl)Cl. The van der Waals surface area contributed by atoms with Gasteiger partial charge in [0.25, 0.3) is 0 Å². The Labute approximate surface area is 71.3 Å². The summed E-state index contributed by atoms with van der Waals surface area (Å²) < 4.78 is -0.383. The van der Waals surface area contributed by atoms with Gasteiger partial charge in [0.05, 0.1) is 0 Å². The van der Waals surface area contributed by atoms with Gasteiger partial charge in [0.2, 0.25) is 0 Å². The van der Waals surface area contributed by atoms with Gasteiger partial charge in [-0.05, 0) is 14.0 Å². The number of rotatable bonds is 0. The Morgan fingerprint density at radius 3 is 2.40 bits per heavy atom. The molecule has 2 unspecified atom stereocenters. The molecule has 0 amide bonds. The van der Waals surface area contributed by atoms with Crippen LogP contribution in [0.4, 0.5) is 0 Å². The van der Waals surface area contributed by atoms with Gasteiger partial charge >= 0.3 is 0 Å². The summed E-state index contributed by atoms with van der Waals surface area (Å²) >= 11 is 12.0. The largest absolute Gasteiger partial charge is 0.303 e. The van der Waals surface area contributed by atoms with Crippen molar-refractivity contribution < 1.29 is 0 Å². The Hall–Kier alpha value is 0.540. The lowest BCUT2D eigenvalue weighted by molar-refractivity contribution is 0.284. The minimum Gasteiger partial charge on any atom is -0.303 e. The van der Waals surface area contributed by atoms with Crippen molar-refractivity contribution in [2.75, 3.05) is 13.6 Å². The van der Waals surface area contributed by atoms with Crippen molar-refractivity contribution in [2.45, 2.75) is 17.3 Å². The van der Waals surface area contributed by atoms with Crippen LogP contribution in [0.2, 0.25) is 0 Å².